The van der Waals surface area contributed by atoms with Crippen LogP contribution in [-0.2, 0) is 0 Å². The summed E-state index contributed by atoms with van der Waals surface area (Å²) in [5, 5.41) is 11.0. The molecule has 6 nitrogen and oxygen atoms in total. The predicted molar refractivity (Wildman–Crippen MR) is 78.1 cm³/mol. The summed E-state index contributed by atoms with van der Waals surface area (Å²) in [7, 11) is 1.84. The summed E-state index contributed by atoms with van der Waals surface area (Å²) in [6.07, 6.45) is 5.49. The van der Waals surface area contributed by atoms with Crippen LogP contribution in [-0.4, -0.2) is 28.0 Å². The van der Waals surface area contributed by atoms with Gasteiger partial charge in [0.2, 0.25) is 11.0 Å². The zero-order valence-corrected chi connectivity index (χ0v) is 12.7. The molecule has 0 atom stereocenters. The fourth-order valence-corrected chi connectivity index (χ4v) is 2.91. The van der Waals surface area contributed by atoms with E-state index >= 15 is 0 Å². The predicted octanol–water partition coefficient (Wildman–Crippen LogP) is 3.44. The van der Waals surface area contributed by atoms with Gasteiger partial charge in [0.1, 0.15) is 6.33 Å². The maximum absolute atomic E-state index is 11.1. The molecule has 1 aromatic rings. The topological polar surface area (TPSA) is 72.2 Å². The highest BCUT2D eigenvalue weighted by atomic mass is 35.5. The van der Waals surface area contributed by atoms with Crippen LogP contribution >= 0.6 is 11.6 Å². The molecule has 1 fully saturated rings. The van der Waals surface area contributed by atoms with Crippen molar-refractivity contribution in [2.45, 2.75) is 45.6 Å². The first kappa shape index (κ1) is 15.0. The largest absolute Gasteiger partial charge is 0.351 e. The average molecular weight is 299 g/mol. The normalized spacial score (nSPS) is 18.8. The molecule has 1 aliphatic rings. The van der Waals surface area contributed by atoms with Crippen LogP contribution in [0.1, 0.15) is 39.5 Å². The molecule has 0 radical (unpaired) electrons. The van der Waals surface area contributed by atoms with E-state index in [0.717, 1.165) is 25.7 Å². The Labute approximate surface area is 123 Å². The van der Waals surface area contributed by atoms with Gasteiger partial charge >= 0.3 is 5.69 Å². The Kier molecular flexibility index (Phi) is 4.13. The fourth-order valence-electron chi connectivity index (χ4n) is 2.71. The first-order valence-corrected chi connectivity index (χ1v) is 7.07. The van der Waals surface area contributed by atoms with E-state index in [1.54, 1.807) is 0 Å². The second kappa shape index (κ2) is 5.52. The fraction of sp³-hybridized carbons (Fsp3) is 0.692. The summed E-state index contributed by atoms with van der Waals surface area (Å²) in [4.78, 5) is 20.3. The van der Waals surface area contributed by atoms with Crippen LogP contribution in [0.2, 0.25) is 5.15 Å². The summed E-state index contributed by atoms with van der Waals surface area (Å²) in [6.45, 7) is 4.51. The molecule has 110 valence electrons. The minimum absolute atomic E-state index is 0.108. The smallest absolute Gasteiger partial charge is 0.348 e. The molecule has 2 rings (SSSR count). The molecular formula is C13H19ClN4O2. The van der Waals surface area contributed by atoms with Gasteiger partial charge in [-0.25, -0.2) is 9.97 Å². The van der Waals surface area contributed by atoms with E-state index in [-0.39, 0.29) is 16.9 Å². The minimum atomic E-state index is -0.513. The van der Waals surface area contributed by atoms with E-state index in [1.165, 1.54) is 6.33 Å². The lowest BCUT2D eigenvalue weighted by Crippen LogP contribution is -2.38. The maximum atomic E-state index is 11.1. The molecule has 0 bridgehead atoms. The van der Waals surface area contributed by atoms with E-state index in [2.05, 4.69) is 23.8 Å². The monoisotopic (exact) mass is 298 g/mol. The number of nitrogens with zero attached hydrogens (tertiary/aromatic N) is 4. The molecule has 1 heterocycles. The van der Waals surface area contributed by atoms with Gasteiger partial charge in [0.15, 0.2) is 0 Å². The highest BCUT2D eigenvalue weighted by Gasteiger charge is 2.32. The molecule has 1 aromatic heterocycles. The second-order valence-electron chi connectivity index (χ2n) is 6.10. The van der Waals surface area contributed by atoms with Crippen molar-refractivity contribution in [2.24, 2.45) is 5.41 Å². The van der Waals surface area contributed by atoms with Gasteiger partial charge in [-0.3, -0.25) is 10.1 Å². The van der Waals surface area contributed by atoms with Gasteiger partial charge in [0, 0.05) is 13.1 Å². The van der Waals surface area contributed by atoms with Gasteiger partial charge in [-0.1, -0.05) is 25.4 Å². The third-order valence-corrected chi connectivity index (χ3v) is 4.41. The summed E-state index contributed by atoms with van der Waals surface area (Å²) < 4.78 is 0. The number of halogens is 1. The number of rotatable bonds is 3. The van der Waals surface area contributed by atoms with Crippen LogP contribution in [0, 0.1) is 15.5 Å². The number of aromatic nitrogens is 2. The number of hydrogen-bond acceptors (Lipinski definition) is 5. The van der Waals surface area contributed by atoms with Crippen LogP contribution in [0.5, 0.6) is 0 Å². The lowest BCUT2D eigenvalue weighted by atomic mass is 9.75. The van der Waals surface area contributed by atoms with Crippen LogP contribution in [0.25, 0.3) is 0 Å². The average Bonchev–Trinajstić information content (AvgIpc) is 2.37. The van der Waals surface area contributed by atoms with Crippen LogP contribution < -0.4 is 4.90 Å². The standard InChI is InChI=1S/C13H19ClN4O2/c1-13(2)6-4-9(5-7-13)17(3)12-10(18(19)20)11(14)15-8-16-12/h8-9H,4-7H2,1-3H3. The Hall–Kier alpha value is -1.43. The van der Waals surface area contributed by atoms with Gasteiger partial charge in [-0.15, -0.1) is 0 Å². The molecule has 0 saturated heterocycles. The van der Waals surface area contributed by atoms with E-state index in [1.807, 2.05) is 11.9 Å². The van der Waals surface area contributed by atoms with E-state index < -0.39 is 4.92 Å². The maximum Gasteiger partial charge on any atom is 0.348 e. The molecule has 7 heteroatoms. The lowest BCUT2D eigenvalue weighted by molar-refractivity contribution is -0.384. The Morgan fingerprint density at radius 2 is 2.00 bits per heavy atom. The van der Waals surface area contributed by atoms with Crippen molar-refractivity contribution in [3.63, 3.8) is 0 Å². The summed E-state index contributed by atoms with van der Waals surface area (Å²) in [6, 6.07) is 0.257. The van der Waals surface area contributed by atoms with Crippen molar-refractivity contribution < 1.29 is 4.92 Å². The number of hydrogen-bond donors (Lipinski definition) is 0. The Morgan fingerprint density at radius 1 is 1.40 bits per heavy atom. The van der Waals surface area contributed by atoms with Crippen molar-refractivity contribution in [2.75, 3.05) is 11.9 Å². The van der Waals surface area contributed by atoms with E-state index in [4.69, 9.17) is 11.6 Å². The minimum Gasteiger partial charge on any atom is -0.351 e. The van der Waals surface area contributed by atoms with Crippen LogP contribution in [0.15, 0.2) is 6.33 Å². The van der Waals surface area contributed by atoms with Crippen molar-refractivity contribution in [3.8, 4) is 0 Å². The molecule has 1 saturated carbocycles. The van der Waals surface area contributed by atoms with E-state index in [9.17, 15) is 10.1 Å². The summed E-state index contributed by atoms with van der Waals surface area (Å²) >= 11 is 5.83. The van der Waals surface area contributed by atoms with Gasteiger partial charge in [0.25, 0.3) is 0 Å². The Balaban J connectivity index is 2.24. The molecule has 0 aliphatic heterocycles. The van der Waals surface area contributed by atoms with Crippen LogP contribution in [0.4, 0.5) is 11.5 Å². The molecule has 0 aromatic carbocycles. The third-order valence-electron chi connectivity index (χ3n) is 4.13. The van der Waals surface area contributed by atoms with Gasteiger partial charge in [-0.05, 0) is 31.1 Å². The van der Waals surface area contributed by atoms with Crippen LogP contribution in [0.3, 0.4) is 0 Å². The first-order valence-electron chi connectivity index (χ1n) is 6.69. The highest BCUT2D eigenvalue weighted by molar-refractivity contribution is 6.31. The number of anilines is 1. The molecule has 1 aliphatic carbocycles. The molecule has 0 N–H and O–H groups in total. The highest BCUT2D eigenvalue weighted by Crippen LogP contribution is 2.39. The van der Waals surface area contributed by atoms with E-state index in [0.29, 0.717) is 11.2 Å². The van der Waals surface area contributed by atoms with Gasteiger partial charge in [0.05, 0.1) is 4.92 Å². The summed E-state index contributed by atoms with van der Waals surface area (Å²) in [5.74, 6) is 0.305. The molecule has 0 amide bonds. The Bertz CT molecular complexity index is 511. The zero-order chi connectivity index (χ0) is 14.9. The second-order valence-corrected chi connectivity index (χ2v) is 6.46. The molecular weight excluding hydrogens is 280 g/mol. The van der Waals surface area contributed by atoms with Gasteiger partial charge < -0.3 is 4.90 Å². The third kappa shape index (κ3) is 3.00. The molecule has 20 heavy (non-hydrogen) atoms. The SMILES string of the molecule is CN(c1ncnc(Cl)c1[N+](=O)[O-])C1CCC(C)(C)CC1. The van der Waals surface area contributed by atoms with Crippen molar-refractivity contribution >= 4 is 23.1 Å². The summed E-state index contributed by atoms with van der Waals surface area (Å²) in [5.41, 5.74) is 0.147. The Morgan fingerprint density at radius 3 is 2.55 bits per heavy atom. The van der Waals surface area contributed by atoms with Crippen molar-refractivity contribution in [3.05, 3.63) is 21.6 Å². The quantitative estimate of drug-likeness (QED) is 0.485. The molecule has 0 unspecified atom stereocenters. The first-order chi connectivity index (χ1) is 9.32. The zero-order valence-electron chi connectivity index (χ0n) is 12.0. The lowest BCUT2D eigenvalue weighted by Gasteiger charge is -2.38. The molecule has 0 spiro atoms. The number of nitro groups is 1. The van der Waals surface area contributed by atoms with Gasteiger partial charge in [-0.2, -0.15) is 0 Å². The van der Waals surface area contributed by atoms with Crippen molar-refractivity contribution in [1.29, 1.82) is 0 Å². The van der Waals surface area contributed by atoms with Crippen molar-refractivity contribution in [1.82, 2.24) is 9.97 Å².